The Kier molecular flexibility index (Phi) is 3.34. The second-order valence-corrected chi connectivity index (χ2v) is 7.05. The summed E-state index contributed by atoms with van der Waals surface area (Å²) in [6, 6.07) is 14.0. The molecular weight excluding hydrogens is 310 g/mol. The lowest BCUT2D eigenvalue weighted by Gasteiger charge is -2.34. The van der Waals surface area contributed by atoms with Gasteiger partial charge in [-0.05, 0) is 59.9 Å². The van der Waals surface area contributed by atoms with E-state index in [0.29, 0.717) is 5.02 Å². The number of aryl methyl sites for hydroxylation is 1. The quantitative estimate of drug-likeness (QED) is 0.811. The topological polar surface area (TPSA) is 49.3 Å². The van der Waals surface area contributed by atoms with Gasteiger partial charge in [-0.3, -0.25) is 0 Å². The molecule has 1 atom stereocenters. The summed E-state index contributed by atoms with van der Waals surface area (Å²) in [5.74, 6) is 0. The first-order valence-electron chi connectivity index (χ1n) is 7.96. The molecule has 23 heavy (non-hydrogen) atoms. The average molecular weight is 328 g/mol. The molecule has 4 heteroatoms. The van der Waals surface area contributed by atoms with Crippen LogP contribution in [0.5, 0.6) is 0 Å². The SMILES string of the molecule is O=C(O)NC1c2cc(-c3ccccc3Cl)ccc2CCC12CC2. The van der Waals surface area contributed by atoms with E-state index in [1.165, 1.54) is 5.56 Å². The van der Waals surface area contributed by atoms with Crippen molar-refractivity contribution in [3.63, 3.8) is 0 Å². The molecule has 2 aliphatic carbocycles. The van der Waals surface area contributed by atoms with E-state index < -0.39 is 6.09 Å². The summed E-state index contributed by atoms with van der Waals surface area (Å²) >= 11 is 6.32. The number of hydrogen-bond donors (Lipinski definition) is 2. The molecule has 1 fully saturated rings. The van der Waals surface area contributed by atoms with Crippen LogP contribution in [0, 0.1) is 5.41 Å². The van der Waals surface area contributed by atoms with Gasteiger partial charge in [-0.15, -0.1) is 0 Å². The number of benzene rings is 2. The fourth-order valence-electron chi connectivity index (χ4n) is 3.87. The molecule has 0 radical (unpaired) electrons. The lowest BCUT2D eigenvalue weighted by atomic mass is 9.76. The fourth-order valence-corrected chi connectivity index (χ4v) is 4.11. The summed E-state index contributed by atoms with van der Waals surface area (Å²) in [5.41, 5.74) is 4.53. The van der Waals surface area contributed by atoms with E-state index in [1.807, 2.05) is 24.3 Å². The van der Waals surface area contributed by atoms with Gasteiger partial charge in [-0.25, -0.2) is 4.79 Å². The van der Waals surface area contributed by atoms with Crippen LogP contribution >= 0.6 is 11.6 Å². The van der Waals surface area contributed by atoms with Crippen LogP contribution in [0.1, 0.15) is 36.4 Å². The first-order chi connectivity index (χ1) is 11.1. The maximum absolute atomic E-state index is 11.3. The Morgan fingerprint density at radius 2 is 1.96 bits per heavy atom. The fraction of sp³-hybridized carbons (Fsp3) is 0.316. The predicted molar refractivity (Wildman–Crippen MR) is 90.8 cm³/mol. The van der Waals surface area contributed by atoms with Crippen LogP contribution in [0.25, 0.3) is 11.1 Å². The first kappa shape index (κ1) is 14.6. The number of amides is 1. The van der Waals surface area contributed by atoms with Gasteiger partial charge in [0.2, 0.25) is 0 Å². The number of fused-ring (bicyclic) bond motifs is 1. The van der Waals surface area contributed by atoms with Crippen molar-refractivity contribution in [1.82, 2.24) is 5.32 Å². The van der Waals surface area contributed by atoms with Crippen LogP contribution in [-0.2, 0) is 6.42 Å². The number of nitrogens with one attached hydrogen (secondary N) is 1. The number of rotatable bonds is 2. The third kappa shape index (κ3) is 2.49. The molecule has 1 spiro atoms. The third-order valence-corrected chi connectivity index (χ3v) is 5.64. The number of hydrogen-bond acceptors (Lipinski definition) is 1. The largest absolute Gasteiger partial charge is 0.465 e. The Hall–Kier alpha value is -2.00. The summed E-state index contributed by atoms with van der Waals surface area (Å²) in [5, 5.41) is 12.7. The monoisotopic (exact) mass is 327 g/mol. The van der Waals surface area contributed by atoms with E-state index in [2.05, 4.69) is 23.5 Å². The Balaban J connectivity index is 1.80. The number of carbonyl (C=O) groups is 1. The summed E-state index contributed by atoms with van der Waals surface area (Å²) < 4.78 is 0. The van der Waals surface area contributed by atoms with E-state index in [9.17, 15) is 9.90 Å². The molecule has 2 aromatic carbocycles. The second-order valence-electron chi connectivity index (χ2n) is 6.64. The van der Waals surface area contributed by atoms with E-state index in [4.69, 9.17) is 11.6 Å². The molecule has 1 unspecified atom stereocenters. The zero-order chi connectivity index (χ0) is 16.0. The van der Waals surface area contributed by atoms with E-state index in [1.54, 1.807) is 0 Å². The molecule has 0 bridgehead atoms. The van der Waals surface area contributed by atoms with Crippen LogP contribution < -0.4 is 5.32 Å². The molecule has 3 nitrogen and oxygen atoms in total. The first-order valence-corrected chi connectivity index (χ1v) is 8.34. The van der Waals surface area contributed by atoms with Gasteiger partial charge in [0.05, 0.1) is 6.04 Å². The van der Waals surface area contributed by atoms with Crippen molar-refractivity contribution < 1.29 is 9.90 Å². The zero-order valence-electron chi connectivity index (χ0n) is 12.7. The van der Waals surface area contributed by atoms with Crippen molar-refractivity contribution in [2.24, 2.45) is 5.41 Å². The minimum atomic E-state index is -0.947. The molecule has 0 saturated heterocycles. The van der Waals surface area contributed by atoms with E-state index >= 15 is 0 Å². The van der Waals surface area contributed by atoms with Crippen LogP contribution in [0.4, 0.5) is 4.79 Å². The Morgan fingerprint density at radius 1 is 1.17 bits per heavy atom. The van der Waals surface area contributed by atoms with Gasteiger partial charge in [-0.2, -0.15) is 0 Å². The van der Waals surface area contributed by atoms with Gasteiger partial charge >= 0.3 is 6.09 Å². The molecule has 0 aromatic heterocycles. The highest BCUT2D eigenvalue weighted by molar-refractivity contribution is 6.33. The highest BCUT2D eigenvalue weighted by Gasteiger charge is 2.52. The summed E-state index contributed by atoms with van der Waals surface area (Å²) in [6.07, 6.45) is 3.35. The summed E-state index contributed by atoms with van der Waals surface area (Å²) in [4.78, 5) is 11.3. The molecule has 4 rings (SSSR count). The highest BCUT2D eigenvalue weighted by atomic mass is 35.5. The minimum absolute atomic E-state index is 0.105. The van der Waals surface area contributed by atoms with E-state index in [-0.39, 0.29) is 11.5 Å². The van der Waals surface area contributed by atoms with Crippen molar-refractivity contribution in [3.8, 4) is 11.1 Å². The van der Waals surface area contributed by atoms with Gasteiger partial charge in [0.1, 0.15) is 0 Å². The van der Waals surface area contributed by atoms with Gasteiger partial charge < -0.3 is 10.4 Å². The van der Waals surface area contributed by atoms with Crippen molar-refractivity contribution in [2.75, 3.05) is 0 Å². The second kappa shape index (κ2) is 5.27. The van der Waals surface area contributed by atoms with Crippen LogP contribution in [0.15, 0.2) is 42.5 Å². The molecule has 2 aliphatic rings. The molecule has 1 amide bonds. The van der Waals surface area contributed by atoms with Crippen molar-refractivity contribution in [3.05, 3.63) is 58.6 Å². The lowest BCUT2D eigenvalue weighted by molar-refractivity contribution is 0.178. The molecular formula is C19H18ClNO2. The van der Waals surface area contributed by atoms with Crippen LogP contribution in [0.2, 0.25) is 5.02 Å². The van der Waals surface area contributed by atoms with Crippen molar-refractivity contribution >= 4 is 17.7 Å². The third-order valence-electron chi connectivity index (χ3n) is 5.31. The Labute approximate surface area is 140 Å². The van der Waals surface area contributed by atoms with Crippen LogP contribution in [0.3, 0.4) is 0 Å². The van der Waals surface area contributed by atoms with Crippen molar-refractivity contribution in [1.29, 1.82) is 0 Å². The molecule has 118 valence electrons. The number of carboxylic acid groups (broad SMARTS) is 1. The van der Waals surface area contributed by atoms with E-state index in [0.717, 1.165) is 42.4 Å². The minimum Gasteiger partial charge on any atom is -0.465 e. The summed E-state index contributed by atoms with van der Waals surface area (Å²) in [6.45, 7) is 0. The zero-order valence-corrected chi connectivity index (χ0v) is 13.4. The predicted octanol–water partition coefficient (Wildman–Crippen LogP) is 5.04. The van der Waals surface area contributed by atoms with Crippen LogP contribution in [-0.4, -0.2) is 11.2 Å². The van der Waals surface area contributed by atoms with Gasteiger partial charge in [0.15, 0.2) is 0 Å². The smallest absolute Gasteiger partial charge is 0.405 e. The van der Waals surface area contributed by atoms with Gasteiger partial charge in [0.25, 0.3) is 0 Å². The maximum atomic E-state index is 11.3. The highest BCUT2D eigenvalue weighted by Crippen LogP contribution is 2.61. The van der Waals surface area contributed by atoms with Gasteiger partial charge in [0, 0.05) is 10.6 Å². The summed E-state index contributed by atoms with van der Waals surface area (Å²) in [7, 11) is 0. The Bertz CT molecular complexity index is 783. The van der Waals surface area contributed by atoms with Gasteiger partial charge in [-0.1, -0.05) is 41.9 Å². The molecule has 2 N–H and O–H groups in total. The molecule has 0 aliphatic heterocycles. The Morgan fingerprint density at radius 3 is 2.65 bits per heavy atom. The standard InChI is InChI=1S/C19H18ClNO2/c20-16-4-2-1-3-14(16)13-6-5-12-7-8-19(9-10-19)17(15(12)11-13)21-18(22)23/h1-6,11,17,21H,7-10H2,(H,22,23). The molecule has 1 saturated carbocycles. The van der Waals surface area contributed by atoms with Crippen molar-refractivity contribution in [2.45, 2.75) is 31.7 Å². The normalized spacial score (nSPS) is 20.8. The average Bonchev–Trinajstić information content (AvgIpc) is 3.31. The molecule has 0 heterocycles. The maximum Gasteiger partial charge on any atom is 0.405 e. The lowest BCUT2D eigenvalue weighted by Crippen LogP contribution is -2.36. The molecule has 2 aromatic rings. The number of halogens is 1.